The summed E-state index contributed by atoms with van der Waals surface area (Å²) >= 11 is 0. The fourth-order valence-corrected chi connectivity index (χ4v) is 3.12. The molecule has 0 aliphatic heterocycles. The van der Waals surface area contributed by atoms with Gasteiger partial charge in [0.1, 0.15) is 5.75 Å². The first-order chi connectivity index (χ1) is 14.5. The third-order valence-electron chi connectivity index (χ3n) is 5.03. The van der Waals surface area contributed by atoms with Gasteiger partial charge in [-0.2, -0.15) is 13.2 Å². The first-order valence-corrected chi connectivity index (χ1v) is 9.83. The summed E-state index contributed by atoms with van der Waals surface area (Å²) in [6, 6.07) is 7.40. The number of rotatable bonds is 7. The molecule has 168 valence electrons. The van der Waals surface area contributed by atoms with Gasteiger partial charge in [-0.15, -0.1) is 0 Å². The van der Waals surface area contributed by atoms with E-state index in [0.29, 0.717) is 5.56 Å². The van der Waals surface area contributed by atoms with Crippen molar-refractivity contribution in [1.29, 1.82) is 0 Å². The highest BCUT2D eigenvalue weighted by molar-refractivity contribution is 5.96. The molecular weight excluding hydrogens is 407 g/mol. The maximum absolute atomic E-state index is 13.3. The lowest BCUT2D eigenvalue weighted by atomic mass is 10.0. The van der Waals surface area contributed by atoms with Crippen LogP contribution in [0.25, 0.3) is 0 Å². The van der Waals surface area contributed by atoms with Gasteiger partial charge in [-0.3, -0.25) is 4.79 Å². The summed E-state index contributed by atoms with van der Waals surface area (Å²) in [6.07, 6.45) is -2.81. The summed E-state index contributed by atoms with van der Waals surface area (Å²) in [7, 11) is 4.66. The van der Waals surface area contributed by atoms with Crippen molar-refractivity contribution >= 4 is 17.9 Å². The summed E-state index contributed by atoms with van der Waals surface area (Å²) < 4.78 is 44.8. The number of nitrogens with zero attached hydrogens (tertiary/aromatic N) is 3. The Balaban J connectivity index is 2.31. The predicted molar refractivity (Wildman–Crippen MR) is 116 cm³/mol. The number of alkyl halides is 3. The van der Waals surface area contributed by atoms with E-state index in [9.17, 15) is 18.0 Å². The monoisotopic (exact) mass is 435 g/mol. The third kappa shape index (κ3) is 5.77. The number of aryl methyl sites for hydroxylation is 2. The third-order valence-corrected chi connectivity index (χ3v) is 5.03. The van der Waals surface area contributed by atoms with E-state index in [4.69, 9.17) is 4.74 Å². The van der Waals surface area contributed by atoms with Crippen LogP contribution in [0.3, 0.4) is 0 Å². The molecular formula is C23H28F3N3O2. The molecule has 0 fully saturated rings. The van der Waals surface area contributed by atoms with Crippen molar-refractivity contribution in [1.82, 2.24) is 9.80 Å². The smallest absolute Gasteiger partial charge is 0.419 e. The van der Waals surface area contributed by atoms with E-state index < -0.39 is 11.7 Å². The molecule has 0 unspecified atom stereocenters. The van der Waals surface area contributed by atoms with Gasteiger partial charge >= 0.3 is 6.18 Å². The molecule has 0 aliphatic rings. The molecule has 0 N–H and O–H groups in total. The van der Waals surface area contributed by atoms with Crippen LogP contribution in [0.15, 0.2) is 35.3 Å². The summed E-state index contributed by atoms with van der Waals surface area (Å²) in [4.78, 5) is 20.8. The highest BCUT2D eigenvalue weighted by Crippen LogP contribution is 2.38. The van der Waals surface area contributed by atoms with E-state index in [1.54, 1.807) is 19.5 Å². The van der Waals surface area contributed by atoms with Crippen LogP contribution in [0.2, 0.25) is 0 Å². The number of ether oxygens (including phenoxy) is 1. The van der Waals surface area contributed by atoms with Gasteiger partial charge < -0.3 is 14.5 Å². The zero-order chi connectivity index (χ0) is 23.3. The molecule has 0 saturated carbocycles. The van der Waals surface area contributed by atoms with Crippen molar-refractivity contribution in [3.8, 4) is 5.75 Å². The van der Waals surface area contributed by atoms with Crippen molar-refractivity contribution < 1.29 is 22.7 Å². The Kier molecular flexibility index (Phi) is 7.70. The van der Waals surface area contributed by atoms with Gasteiger partial charge in [-0.05, 0) is 50.1 Å². The lowest BCUT2D eigenvalue weighted by Gasteiger charge is -2.22. The topological polar surface area (TPSA) is 45.1 Å². The Morgan fingerprint density at radius 2 is 1.84 bits per heavy atom. The van der Waals surface area contributed by atoms with Gasteiger partial charge in [-0.1, -0.05) is 12.1 Å². The van der Waals surface area contributed by atoms with E-state index in [1.807, 2.05) is 38.8 Å². The van der Waals surface area contributed by atoms with E-state index in [1.165, 1.54) is 24.1 Å². The minimum atomic E-state index is -4.54. The van der Waals surface area contributed by atoms with Crippen LogP contribution in [0.1, 0.15) is 39.5 Å². The molecule has 31 heavy (non-hydrogen) atoms. The van der Waals surface area contributed by atoms with Crippen LogP contribution in [0, 0.1) is 13.8 Å². The maximum Gasteiger partial charge on any atom is 0.419 e. The maximum atomic E-state index is 13.3. The number of methoxy groups -OCH3 is 1. The molecule has 0 spiro atoms. The molecule has 0 aliphatic carbocycles. The van der Waals surface area contributed by atoms with E-state index >= 15 is 0 Å². The van der Waals surface area contributed by atoms with Gasteiger partial charge in [0, 0.05) is 38.3 Å². The highest BCUT2D eigenvalue weighted by Gasteiger charge is 2.35. The molecule has 0 atom stereocenters. The SMILES string of the molecule is CCN(C)C=Nc1cc(C)c(C(=O)N(C)Cc2cccc(C(F)(F)F)c2OC)cc1C. The van der Waals surface area contributed by atoms with E-state index in [2.05, 4.69) is 4.99 Å². The Bertz CT molecular complexity index is 971. The first kappa shape index (κ1) is 24.2. The van der Waals surface area contributed by atoms with Gasteiger partial charge in [0.15, 0.2) is 0 Å². The van der Waals surface area contributed by atoms with Crippen molar-refractivity contribution in [2.75, 3.05) is 27.7 Å². The Morgan fingerprint density at radius 1 is 1.16 bits per heavy atom. The fourth-order valence-electron chi connectivity index (χ4n) is 3.12. The molecule has 0 bridgehead atoms. The number of para-hydroxylation sites is 1. The normalized spacial score (nSPS) is 11.6. The first-order valence-electron chi connectivity index (χ1n) is 9.83. The Hall–Kier alpha value is -3.03. The molecule has 1 amide bonds. The lowest BCUT2D eigenvalue weighted by Crippen LogP contribution is -2.27. The zero-order valence-electron chi connectivity index (χ0n) is 18.7. The number of hydrogen-bond donors (Lipinski definition) is 0. The van der Waals surface area contributed by atoms with Crippen LogP contribution >= 0.6 is 0 Å². The van der Waals surface area contributed by atoms with Crippen molar-refractivity contribution in [2.24, 2.45) is 4.99 Å². The van der Waals surface area contributed by atoms with Crippen LogP contribution in [0.4, 0.5) is 18.9 Å². The molecule has 2 rings (SSSR count). The minimum absolute atomic E-state index is 0.0222. The lowest BCUT2D eigenvalue weighted by molar-refractivity contribution is -0.138. The fraction of sp³-hybridized carbons (Fsp3) is 0.391. The number of benzene rings is 2. The van der Waals surface area contributed by atoms with Gasteiger partial charge in [-0.25, -0.2) is 4.99 Å². The second kappa shape index (κ2) is 9.85. The number of amides is 1. The van der Waals surface area contributed by atoms with Crippen LogP contribution in [-0.4, -0.2) is 49.8 Å². The second-order valence-corrected chi connectivity index (χ2v) is 7.43. The molecule has 0 heterocycles. The minimum Gasteiger partial charge on any atom is -0.496 e. The largest absolute Gasteiger partial charge is 0.496 e. The zero-order valence-corrected chi connectivity index (χ0v) is 18.7. The van der Waals surface area contributed by atoms with Crippen molar-refractivity contribution in [2.45, 2.75) is 33.5 Å². The van der Waals surface area contributed by atoms with E-state index in [0.717, 1.165) is 29.4 Å². The predicted octanol–water partition coefficient (Wildman–Crippen LogP) is 5.21. The Labute approximate surface area is 181 Å². The van der Waals surface area contributed by atoms with Crippen molar-refractivity contribution in [3.63, 3.8) is 0 Å². The summed E-state index contributed by atoms with van der Waals surface area (Å²) in [6.45, 7) is 6.49. The summed E-state index contributed by atoms with van der Waals surface area (Å²) in [5.74, 6) is -0.562. The van der Waals surface area contributed by atoms with Crippen molar-refractivity contribution in [3.05, 3.63) is 58.1 Å². The van der Waals surface area contributed by atoms with Gasteiger partial charge in [0.2, 0.25) is 0 Å². The number of carbonyl (C=O) groups is 1. The highest BCUT2D eigenvalue weighted by atomic mass is 19.4. The molecule has 0 radical (unpaired) electrons. The number of carbonyl (C=O) groups excluding carboxylic acids is 1. The second-order valence-electron chi connectivity index (χ2n) is 7.43. The number of hydrogen-bond acceptors (Lipinski definition) is 3. The molecule has 2 aromatic rings. The van der Waals surface area contributed by atoms with Crippen LogP contribution in [-0.2, 0) is 12.7 Å². The van der Waals surface area contributed by atoms with Gasteiger partial charge in [0.25, 0.3) is 5.91 Å². The number of aliphatic imine (C=N–C) groups is 1. The summed E-state index contributed by atoms with van der Waals surface area (Å²) in [5.41, 5.74) is 2.24. The molecule has 2 aromatic carbocycles. The van der Waals surface area contributed by atoms with Crippen LogP contribution in [0.5, 0.6) is 5.75 Å². The molecule has 0 aromatic heterocycles. The quantitative estimate of drug-likeness (QED) is 0.443. The molecule has 8 heteroatoms. The Morgan fingerprint density at radius 3 is 2.42 bits per heavy atom. The molecule has 5 nitrogen and oxygen atoms in total. The van der Waals surface area contributed by atoms with Gasteiger partial charge in [0.05, 0.1) is 24.7 Å². The average Bonchev–Trinajstić information content (AvgIpc) is 2.72. The summed E-state index contributed by atoms with van der Waals surface area (Å²) in [5, 5.41) is 0. The van der Waals surface area contributed by atoms with E-state index in [-0.39, 0.29) is 23.8 Å². The standard InChI is InChI=1S/C23H28F3N3O2/c1-7-28(4)14-27-20-12-15(2)18(11-16(20)3)22(30)29(5)13-17-9-8-10-19(21(17)31-6)23(24,25)26/h8-12,14H,7,13H2,1-6H3. The molecule has 0 saturated heterocycles. The van der Waals surface area contributed by atoms with Crippen LogP contribution < -0.4 is 4.74 Å². The average molecular weight is 435 g/mol. The number of halogens is 3.